The van der Waals surface area contributed by atoms with Crippen LogP contribution in [-0.2, 0) is 12.3 Å². The van der Waals surface area contributed by atoms with Crippen molar-refractivity contribution < 1.29 is 4.42 Å². The van der Waals surface area contributed by atoms with Crippen molar-refractivity contribution in [1.82, 2.24) is 10.2 Å². The number of rotatable bonds is 3. The van der Waals surface area contributed by atoms with Gasteiger partial charge in [-0.15, -0.1) is 21.8 Å². The number of furan rings is 1. The molecule has 0 atom stereocenters. The largest absolute Gasteiger partial charge is 0.459 e. The van der Waals surface area contributed by atoms with Gasteiger partial charge in [0.05, 0.1) is 5.88 Å². The van der Waals surface area contributed by atoms with E-state index in [4.69, 9.17) is 16.0 Å². The number of aromatic nitrogens is 2. The van der Waals surface area contributed by atoms with Gasteiger partial charge in [0.15, 0.2) is 10.8 Å². The molecule has 5 heteroatoms. The van der Waals surface area contributed by atoms with Gasteiger partial charge in [-0.2, -0.15) is 0 Å². The van der Waals surface area contributed by atoms with Crippen LogP contribution in [0.15, 0.2) is 16.5 Å². The van der Waals surface area contributed by atoms with Crippen LogP contribution in [0.5, 0.6) is 0 Å². The third kappa shape index (κ3) is 1.81. The van der Waals surface area contributed by atoms with E-state index in [1.54, 1.807) is 0 Å². The highest BCUT2D eigenvalue weighted by atomic mass is 35.5. The van der Waals surface area contributed by atoms with E-state index in [0.29, 0.717) is 5.88 Å². The summed E-state index contributed by atoms with van der Waals surface area (Å²) in [5.74, 6) is 2.14. The standard InChI is InChI=1S/C9H9ClN2OS/c1-2-6-3-4-7(13-6)9-12-11-8(5-10)14-9/h3-4H,2,5H2,1H3. The molecule has 74 valence electrons. The van der Waals surface area contributed by atoms with Gasteiger partial charge in [-0.05, 0) is 12.1 Å². The SMILES string of the molecule is CCc1ccc(-c2nnc(CCl)s2)o1. The van der Waals surface area contributed by atoms with Gasteiger partial charge in [-0.1, -0.05) is 18.3 Å². The molecule has 2 aromatic rings. The molecule has 0 fully saturated rings. The van der Waals surface area contributed by atoms with E-state index >= 15 is 0 Å². The molecular weight excluding hydrogens is 220 g/mol. The molecule has 0 unspecified atom stereocenters. The summed E-state index contributed by atoms with van der Waals surface area (Å²) in [5, 5.41) is 9.53. The molecule has 0 aliphatic rings. The van der Waals surface area contributed by atoms with Crippen molar-refractivity contribution in [2.75, 3.05) is 0 Å². The monoisotopic (exact) mass is 228 g/mol. The number of halogens is 1. The minimum atomic E-state index is 0.402. The number of nitrogens with zero attached hydrogens (tertiary/aromatic N) is 2. The Morgan fingerprint density at radius 3 is 2.86 bits per heavy atom. The number of hydrogen-bond acceptors (Lipinski definition) is 4. The molecule has 0 aromatic carbocycles. The first-order chi connectivity index (χ1) is 6.83. The third-order valence-corrected chi connectivity index (χ3v) is 3.15. The fourth-order valence-electron chi connectivity index (χ4n) is 1.09. The molecule has 2 rings (SSSR count). The van der Waals surface area contributed by atoms with E-state index < -0.39 is 0 Å². The van der Waals surface area contributed by atoms with Crippen LogP contribution >= 0.6 is 22.9 Å². The zero-order valence-electron chi connectivity index (χ0n) is 7.66. The fourth-order valence-corrected chi connectivity index (χ4v) is 1.96. The van der Waals surface area contributed by atoms with Gasteiger partial charge in [0.2, 0.25) is 0 Å². The van der Waals surface area contributed by atoms with E-state index in [1.165, 1.54) is 11.3 Å². The second kappa shape index (κ2) is 4.11. The summed E-state index contributed by atoms with van der Waals surface area (Å²) in [6.07, 6.45) is 0.890. The lowest BCUT2D eigenvalue weighted by Gasteiger charge is -1.87. The molecule has 0 aliphatic carbocycles. The van der Waals surface area contributed by atoms with E-state index in [2.05, 4.69) is 10.2 Å². The van der Waals surface area contributed by atoms with Crippen LogP contribution in [0.4, 0.5) is 0 Å². The quantitative estimate of drug-likeness (QED) is 0.758. The van der Waals surface area contributed by atoms with Crippen molar-refractivity contribution in [1.29, 1.82) is 0 Å². The predicted octanol–water partition coefficient (Wildman–Crippen LogP) is 3.10. The summed E-state index contributed by atoms with van der Waals surface area (Å²) in [6.45, 7) is 2.05. The van der Waals surface area contributed by atoms with Gasteiger partial charge in [0, 0.05) is 6.42 Å². The molecule has 2 heterocycles. The van der Waals surface area contributed by atoms with Crippen molar-refractivity contribution in [3.05, 3.63) is 22.9 Å². The van der Waals surface area contributed by atoms with Crippen molar-refractivity contribution >= 4 is 22.9 Å². The molecule has 0 aliphatic heterocycles. The Morgan fingerprint density at radius 2 is 2.29 bits per heavy atom. The number of alkyl halides is 1. The molecule has 0 bridgehead atoms. The van der Waals surface area contributed by atoms with Gasteiger partial charge in [0.25, 0.3) is 0 Å². The molecule has 0 saturated carbocycles. The maximum atomic E-state index is 5.64. The lowest BCUT2D eigenvalue weighted by molar-refractivity contribution is 0.528. The predicted molar refractivity (Wildman–Crippen MR) is 56.5 cm³/mol. The van der Waals surface area contributed by atoms with Gasteiger partial charge in [0.1, 0.15) is 10.8 Å². The zero-order valence-corrected chi connectivity index (χ0v) is 9.23. The third-order valence-electron chi connectivity index (χ3n) is 1.80. The minimum absolute atomic E-state index is 0.402. The Morgan fingerprint density at radius 1 is 1.43 bits per heavy atom. The molecule has 0 N–H and O–H groups in total. The maximum Gasteiger partial charge on any atom is 0.183 e. The fraction of sp³-hybridized carbons (Fsp3) is 0.333. The molecule has 14 heavy (non-hydrogen) atoms. The zero-order chi connectivity index (χ0) is 9.97. The van der Waals surface area contributed by atoms with Crippen LogP contribution in [0.3, 0.4) is 0 Å². The maximum absolute atomic E-state index is 5.64. The van der Waals surface area contributed by atoms with E-state index in [9.17, 15) is 0 Å². The molecule has 2 aromatic heterocycles. The summed E-state index contributed by atoms with van der Waals surface area (Å²) in [7, 11) is 0. The van der Waals surface area contributed by atoms with Gasteiger partial charge >= 0.3 is 0 Å². The lowest BCUT2D eigenvalue weighted by Crippen LogP contribution is -1.74. The highest BCUT2D eigenvalue weighted by Gasteiger charge is 2.09. The molecular formula is C9H9ClN2OS. The Hall–Kier alpha value is -0.870. The Labute approximate surface area is 90.7 Å². The van der Waals surface area contributed by atoms with Crippen LogP contribution in [0.25, 0.3) is 10.8 Å². The van der Waals surface area contributed by atoms with E-state index in [-0.39, 0.29) is 0 Å². The molecule has 3 nitrogen and oxygen atoms in total. The summed E-state index contributed by atoms with van der Waals surface area (Å²) in [6, 6.07) is 3.87. The molecule has 0 spiro atoms. The van der Waals surface area contributed by atoms with Crippen LogP contribution in [0.2, 0.25) is 0 Å². The second-order valence-electron chi connectivity index (χ2n) is 2.75. The molecule has 0 saturated heterocycles. The van der Waals surface area contributed by atoms with Crippen LogP contribution in [0, 0.1) is 0 Å². The average molecular weight is 229 g/mol. The summed E-state index contributed by atoms with van der Waals surface area (Å²) in [5.41, 5.74) is 0. The normalized spacial score (nSPS) is 10.7. The van der Waals surface area contributed by atoms with Crippen molar-refractivity contribution in [3.8, 4) is 10.8 Å². The Balaban J connectivity index is 2.29. The second-order valence-corrected chi connectivity index (χ2v) is 4.08. The Bertz CT molecular complexity index is 384. The van der Waals surface area contributed by atoms with Crippen molar-refractivity contribution in [2.45, 2.75) is 19.2 Å². The molecule has 0 amide bonds. The average Bonchev–Trinajstić information content (AvgIpc) is 2.86. The Kier molecular flexibility index (Phi) is 2.84. The van der Waals surface area contributed by atoms with Crippen LogP contribution in [-0.4, -0.2) is 10.2 Å². The summed E-state index contributed by atoms with van der Waals surface area (Å²) < 4.78 is 5.54. The van der Waals surface area contributed by atoms with Gasteiger partial charge < -0.3 is 4.42 Å². The number of hydrogen-bond donors (Lipinski definition) is 0. The minimum Gasteiger partial charge on any atom is -0.459 e. The first kappa shape index (κ1) is 9.68. The highest BCUT2D eigenvalue weighted by molar-refractivity contribution is 7.14. The van der Waals surface area contributed by atoms with E-state index in [1.807, 2.05) is 19.1 Å². The van der Waals surface area contributed by atoms with Crippen molar-refractivity contribution in [3.63, 3.8) is 0 Å². The van der Waals surface area contributed by atoms with Gasteiger partial charge in [-0.3, -0.25) is 0 Å². The molecule has 0 radical (unpaired) electrons. The summed E-state index contributed by atoms with van der Waals surface area (Å²) in [4.78, 5) is 0. The lowest BCUT2D eigenvalue weighted by atomic mass is 10.4. The topological polar surface area (TPSA) is 38.9 Å². The first-order valence-corrected chi connectivity index (χ1v) is 5.66. The van der Waals surface area contributed by atoms with Crippen molar-refractivity contribution in [2.24, 2.45) is 0 Å². The summed E-state index contributed by atoms with van der Waals surface area (Å²) >= 11 is 7.10. The first-order valence-electron chi connectivity index (χ1n) is 4.31. The van der Waals surface area contributed by atoms with Crippen LogP contribution in [0.1, 0.15) is 17.7 Å². The van der Waals surface area contributed by atoms with E-state index in [0.717, 1.165) is 28.0 Å². The number of aryl methyl sites for hydroxylation is 1. The smallest absolute Gasteiger partial charge is 0.183 e. The highest BCUT2D eigenvalue weighted by Crippen LogP contribution is 2.26. The van der Waals surface area contributed by atoms with Crippen LogP contribution < -0.4 is 0 Å². The van der Waals surface area contributed by atoms with Gasteiger partial charge in [-0.25, -0.2) is 0 Å².